The molecule has 1 N–H and O–H groups in total. The molecular weight excluding hydrogens is 320 g/mol. The number of hydrogen-bond acceptors (Lipinski definition) is 3. The molecule has 0 saturated carbocycles. The minimum Gasteiger partial charge on any atom is -0.456 e. The van der Waals surface area contributed by atoms with Crippen molar-refractivity contribution in [1.82, 2.24) is 5.32 Å². The molecule has 6 heteroatoms. The maximum atomic E-state index is 13.8. The summed E-state index contributed by atoms with van der Waals surface area (Å²) >= 11 is 3.24. The van der Waals surface area contributed by atoms with Crippen molar-refractivity contribution in [1.29, 1.82) is 0 Å². The van der Waals surface area contributed by atoms with Crippen LogP contribution >= 0.6 is 15.9 Å². The summed E-state index contributed by atoms with van der Waals surface area (Å²) < 4.78 is 38.2. The van der Waals surface area contributed by atoms with Crippen LogP contribution in [0.1, 0.15) is 18.2 Å². The van der Waals surface area contributed by atoms with Gasteiger partial charge in [0.2, 0.25) is 5.82 Å². The second-order valence-corrected chi connectivity index (χ2v) is 4.93. The first-order chi connectivity index (χ1) is 9.10. The molecule has 0 spiro atoms. The van der Waals surface area contributed by atoms with Crippen LogP contribution in [0.25, 0.3) is 11.0 Å². The van der Waals surface area contributed by atoms with E-state index in [-0.39, 0.29) is 12.2 Å². The normalized spacial score (nSPS) is 11.4. The topological polar surface area (TPSA) is 34.4 Å². The third kappa shape index (κ3) is 2.66. The smallest absolute Gasteiger partial charge is 0.201 e. The monoisotopic (exact) mass is 333 g/mol. The third-order valence-corrected chi connectivity index (χ3v) is 3.44. The molecule has 2 rings (SSSR count). The van der Waals surface area contributed by atoms with Crippen LogP contribution in [-0.2, 0) is 17.9 Å². The lowest BCUT2D eigenvalue weighted by molar-refractivity contribution is 0.183. The number of fused-ring (bicyclic) bond motifs is 1. The highest BCUT2D eigenvalue weighted by atomic mass is 79.9. The van der Waals surface area contributed by atoms with E-state index in [4.69, 9.17) is 9.15 Å². The molecule has 0 atom stereocenters. The van der Waals surface area contributed by atoms with Crippen LogP contribution in [0.15, 0.2) is 15.0 Å². The zero-order chi connectivity index (χ0) is 14.0. The first-order valence-corrected chi connectivity index (χ1v) is 6.66. The van der Waals surface area contributed by atoms with Gasteiger partial charge in [0.05, 0.1) is 13.2 Å². The Kier molecular flexibility index (Phi) is 4.54. The van der Waals surface area contributed by atoms with Gasteiger partial charge < -0.3 is 14.5 Å². The van der Waals surface area contributed by atoms with Gasteiger partial charge in [-0.2, -0.15) is 4.39 Å². The Morgan fingerprint density at radius 2 is 2.16 bits per heavy atom. The molecule has 0 aliphatic carbocycles. The van der Waals surface area contributed by atoms with Crippen molar-refractivity contribution in [3.8, 4) is 0 Å². The van der Waals surface area contributed by atoms with Crippen molar-refractivity contribution < 1.29 is 17.9 Å². The van der Waals surface area contributed by atoms with Crippen molar-refractivity contribution in [2.24, 2.45) is 0 Å². The van der Waals surface area contributed by atoms with E-state index in [1.165, 1.54) is 0 Å². The van der Waals surface area contributed by atoms with E-state index in [1.54, 1.807) is 7.11 Å². The van der Waals surface area contributed by atoms with Gasteiger partial charge in [-0.15, -0.1) is 0 Å². The number of halogens is 3. The van der Waals surface area contributed by atoms with Crippen molar-refractivity contribution in [2.75, 3.05) is 13.7 Å². The first kappa shape index (κ1) is 14.4. The second-order valence-electron chi connectivity index (χ2n) is 4.08. The number of nitrogens with one attached hydrogen (secondary N) is 1. The van der Waals surface area contributed by atoms with E-state index in [0.29, 0.717) is 22.2 Å². The molecular formula is C13H14BrF2NO2. The number of hydrogen-bond donors (Lipinski definition) is 1. The van der Waals surface area contributed by atoms with Gasteiger partial charge in [0.15, 0.2) is 11.4 Å². The molecule has 0 bridgehead atoms. The van der Waals surface area contributed by atoms with Gasteiger partial charge in [-0.1, -0.05) is 6.92 Å². The van der Waals surface area contributed by atoms with Crippen LogP contribution in [0.5, 0.6) is 0 Å². The molecule has 3 nitrogen and oxygen atoms in total. The van der Waals surface area contributed by atoms with E-state index in [1.807, 2.05) is 6.92 Å². The molecule has 19 heavy (non-hydrogen) atoms. The largest absolute Gasteiger partial charge is 0.456 e. The number of ether oxygens (including phenoxy) is 1. The summed E-state index contributed by atoms with van der Waals surface area (Å²) in [6, 6.07) is 1.10. The summed E-state index contributed by atoms with van der Waals surface area (Å²) in [5.74, 6) is -1.35. The van der Waals surface area contributed by atoms with Gasteiger partial charge in [0.25, 0.3) is 0 Å². The third-order valence-electron chi connectivity index (χ3n) is 2.82. The number of rotatable bonds is 5. The summed E-state index contributed by atoms with van der Waals surface area (Å²) in [5, 5.41) is 3.62. The van der Waals surface area contributed by atoms with Crippen LogP contribution in [0.4, 0.5) is 8.78 Å². The Balaban J connectivity index is 2.65. The van der Waals surface area contributed by atoms with Crippen molar-refractivity contribution >= 4 is 26.9 Å². The molecule has 104 valence electrons. The summed E-state index contributed by atoms with van der Waals surface area (Å²) in [6.45, 7) is 3.42. The highest BCUT2D eigenvalue weighted by molar-refractivity contribution is 9.10. The van der Waals surface area contributed by atoms with Crippen LogP contribution in [-0.4, -0.2) is 13.7 Å². The highest BCUT2D eigenvalue weighted by Crippen LogP contribution is 2.35. The average Bonchev–Trinajstić information content (AvgIpc) is 2.74. The Labute approximate surface area is 118 Å². The van der Waals surface area contributed by atoms with E-state index in [2.05, 4.69) is 21.2 Å². The van der Waals surface area contributed by atoms with E-state index < -0.39 is 11.6 Å². The summed E-state index contributed by atoms with van der Waals surface area (Å²) in [4.78, 5) is 0. The molecule has 1 aromatic carbocycles. The number of benzene rings is 1. The fourth-order valence-electron chi connectivity index (χ4n) is 1.95. The Bertz CT molecular complexity index is 598. The van der Waals surface area contributed by atoms with Gasteiger partial charge >= 0.3 is 0 Å². The van der Waals surface area contributed by atoms with Gasteiger partial charge in [0.1, 0.15) is 5.76 Å². The molecule has 0 amide bonds. The van der Waals surface area contributed by atoms with E-state index in [0.717, 1.165) is 18.2 Å². The zero-order valence-electron chi connectivity index (χ0n) is 10.6. The zero-order valence-corrected chi connectivity index (χ0v) is 12.2. The molecule has 2 aromatic rings. The lowest BCUT2D eigenvalue weighted by Gasteiger charge is -2.03. The lowest BCUT2D eigenvalue weighted by atomic mass is 10.1. The van der Waals surface area contributed by atoms with Gasteiger partial charge in [0, 0.05) is 22.5 Å². The standard InChI is InChI=1S/C13H14BrF2NO2/c1-3-17-5-10-7(6-18-2)11-8(14)4-9(15)12(16)13(11)19-10/h4,17H,3,5-6H2,1-2H3. The minimum atomic E-state index is -0.974. The molecule has 0 unspecified atom stereocenters. The summed E-state index contributed by atoms with van der Waals surface area (Å²) in [7, 11) is 1.55. The molecule has 0 saturated heterocycles. The second kappa shape index (κ2) is 5.98. The summed E-state index contributed by atoms with van der Waals surface area (Å²) in [6.07, 6.45) is 0. The number of furan rings is 1. The maximum absolute atomic E-state index is 13.8. The minimum absolute atomic E-state index is 0.0770. The quantitative estimate of drug-likeness (QED) is 0.846. The number of methoxy groups -OCH3 is 1. The average molecular weight is 334 g/mol. The van der Waals surface area contributed by atoms with Crippen molar-refractivity contribution in [3.05, 3.63) is 33.5 Å². The maximum Gasteiger partial charge on any atom is 0.201 e. The van der Waals surface area contributed by atoms with E-state index >= 15 is 0 Å². The Hall–Kier alpha value is -0.980. The predicted octanol–water partition coefficient (Wildman–Crippen LogP) is 3.73. The van der Waals surface area contributed by atoms with Crippen LogP contribution in [0, 0.1) is 11.6 Å². The molecule has 0 radical (unpaired) electrons. The van der Waals surface area contributed by atoms with Crippen LogP contribution < -0.4 is 5.32 Å². The van der Waals surface area contributed by atoms with Crippen molar-refractivity contribution in [3.63, 3.8) is 0 Å². The SMILES string of the molecule is CCNCc1oc2c(F)c(F)cc(Br)c2c1COC. The van der Waals surface area contributed by atoms with Crippen molar-refractivity contribution in [2.45, 2.75) is 20.1 Å². The predicted molar refractivity (Wildman–Crippen MR) is 71.9 cm³/mol. The van der Waals surface area contributed by atoms with Crippen LogP contribution in [0.3, 0.4) is 0 Å². The van der Waals surface area contributed by atoms with Gasteiger partial charge in [-0.25, -0.2) is 4.39 Å². The molecule has 0 aliphatic heterocycles. The summed E-state index contributed by atoms with van der Waals surface area (Å²) in [5.41, 5.74) is 0.649. The highest BCUT2D eigenvalue weighted by Gasteiger charge is 2.21. The van der Waals surface area contributed by atoms with E-state index in [9.17, 15) is 8.78 Å². The molecule has 0 aliphatic rings. The van der Waals surface area contributed by atoms with Gasteiger partial charge in [-0.3, -0.25) is 0 Å². The van der Waals surface area contributed by atoms with Crippen LogP contribution in [0.2, 0.25) is 0 Å². The fourth-order valence-corrected chi connectivity index (χ4v) is 2.57. The Morgan fingerprint density at radius 3 is 2.79 bits per heavy atom. The molecule has 1 aromatic heterocycles. The molecule has 1 heterocycles. The fraction of sp³-hybridized carbons (Fsp3) is 0.385. The first-order valence-electron chi connectivity index (χ1n) is 5.87. The molecule has 0 fully saturated rings. The Morgan fingerprint density at radius 1 is 1.42 bits per heavy atom. The van der Waals surface area contributed by atoms with Gasteiger partial charge in [-0.05, 0) is 28.5 Å². The lowest BCUT2D eigenvalue weighted by Crippen LogP contribution is -2.12.